The van der Waals surface area contributed by atoms with Crippen molar-refractivity contribution in [2.75, 3.05) is 12.3 Å². The molecule has 10 heteroatoms. The smallest absolute Gasteiger partial charge is 0.193 e. The highest BCUT2D eigenvalue weighted by Crippen LogP contribution is 2.70. The number of rotatable bonds is 6. The van der Waals surface area contributed by atoms with Crippen molar-refractivity contribution in [3.05, 3.63) is 82.2 Å². The number of nitrogens with two attached hydrogens (primary N) is 1. The highest BCUT2D eigenvalue weighted by atomic mass is 35.5. The first kappa shape index (κ1) is 30.6. The molecule has 1 saturated heterocycles. The van der Waals surface area contributed by atoms with Crippen molar-refractivity contribution in [2.45, 2.75) is 70.2 Å². The van der Waals surface area contributed by atoms with Gasteiger partial charge in [-0.25, -0.2) is 4.39 Å². The van der Waals surface area contributed by atoms with Crippen LogP contribution in [0.4, 0.5) is 10.1 Å². The maximum absolute atomic E-state index is 15.5. The molecule has 3 saturated carbocycles. The Hall–Kier alpha value is -3.08. The maximum atomic E-state index is 15.5. The lowest BCUT2D eigenvalue weighted by molar-refractivity contribution is -0.201. The average molecular weight is 638 g/mol. The fourth-order valence-electron chi connectivity index (χ4n) is 9.51. The van der Waals surface area contributed by atoms with E-state index in [1.165, 1.54) is 12.1 Å². The normalized spacial score (nSPS) is 38.2. The number of hydrogen-bond acceptors (Lipinski definition) is 8. The minimum Gasteiger partial charge on any atom is -0.487 e. The zero-order chi connectivity index (χ0) is 31.9. The third-order valence-electron chi connectivity index (χ3n) is 11.6. The topological polar surface area (TPSA) is 128 Å². The van der Waals surface area contributed by atoms with Gasteiger partial charge in [0.1, 0.15) is 24.8 Å². The van der Waals surface area contributed by atoms with E-state index in [2.05, 4.69) is 6.92 Å². The van der Waals surface area contributed by atoms with Crippen LogP contribution in [0.3, 0.4) is 0 Å². The largest absolute Gasteiger partial charge is 0.487 e. The Morgan fingerprint density at radius 1 is 1.22 bits per heavy atom. The summed E-state index contributed by atoms with van der Waals surface area (Å²) in [5, 5.41) is 22.0. The van der Waals surface area contributed by atoms with Crippen LogP contribution in [0.25, 0.3) is 0 Å². The monoisotopic (exact) mass is 637 g/mol. The number of aliphatic hydroxyl groups excluding tert-OH is 2. The lowest BCUT2D eigenvalue weighted by atomic mass is 9.46. The summed E-state index contributed by atoms with van der Waals surface area (Å²) >= 11 is 6.73. The maximum Gasteiger partial charge on any atom is 0.193 e. The highest BCUT2D eigenvalue weighted by molar-refractivity contribution is 6.32. The molecule has 2 aromatic rings. The van der Waals surface area contributed by atoms with Gasteiger partial charge in [0.25, 0.3) is 0 Å². The number of allylic oxidation sites excluding steroid dienone is 4. The van der Waals surface area contributed by atoms with Gasteiger partial charge < -0.3 is 30.2 Å². The molecular formula is C35H37ClFNO7. The van der Waals surface area contributed by atoms with E-state index in [4.69, 9.17) is 31.5 Å². The molecule has 4 N–H and O–H groups in total. The molecule has 1 heterocycles. The Morgan fingerprint density at radius 2 is 2.00 bits per heavy atom. The van der Waals surface area contributed by atoms with Crippen LogP contribution in [-0.4, -0.2) is 46.2 Å². The van der Waals surface area contributed by atoms with Gasteiger partial charge in [0.2, 0.25) is 0 Å². The number of nitrogen functional groups attached to an aromatic ring is 1. The fraction of sp³-hybridized carbons (Fsp3) is 0.486. The van der Waals surface area contributed by atoms with Crippen LogP contribution < -0.4 is 10.5 Å². The van der Waals surface area contributed by atoms with Gasteiger partial charge in [-0.2, -0.15) is 0 Å². The Labute approximate surface area is 266 Å². The molecule has 4 aliphatic carbocycles. The Bertz CT molecular complexity index is 1640. The van der Waals surface area contributed by atoms with Crippen molar-refractivity contribution < 1.29 is 38.4 Å². The lowest BCUT2D eigenvalue weighted by Gasteiger charge is -2.59. The molecule has 2 aromatic carbocycles. The Kier molecular flexibility index (Phi) is 7.30. The van der Waals surface area contributed by atoms with Crippen LogP contribution in [0.5, 0.6) is 5.75 Å². The second-order valence-electron chi connectivity index (χ2n) is 13.6. The number of carbonyl (C=O) groups excluding carboxylic acids is 2. The van der Waals surface area contributed by atoms with Gasteiger partial charge in [0.15, 0.2) is 23.5 Å². The van der Waals surface area contributed by atoms with Gasteiger partial charge in [-0.05, 0) is 67.9 Å². The molecule has 1 aliphatic heterocycles. The van der Waals surface area contributed by atoms with Crippen LogP contribution >= 0.6 is 11.6 Å². The van der Waals surface area contributed by atoms with Crippen molar-refractivity contribution in [3.8, 4) is 5.75 Å². The first-order valence-corrected chi connectivity index (χ1v) is 15.9. The summed E-state index contributed by atoms with van der Waals surface area (Å²) in [6, 6.07) is 9.84. The summed E-state index contributed by atoms with van der Waals surface area (Å²) < 4.78 is 34.4. The van der Waals surface area contributed by atoms with E-state index in [-0.39, 0.29) is 52.9 Å². The SMILES string of the molecule is C[C@]12C=CC(=O)C=C1CC[C@@H]1[C@@H]2[C@@H](O)C[C@@]2(C)[C@H]1C[C@H]1O[C@H](c3c(F)ccc(OCc4ccccc4N)c3Cl)O[C@]12C(=O)CO. The van der Waals surface area contributed by atoms with Crippen LogP contribution in [0.2, 0.25) is 5.02 Å². The number of halogens is 2. The summed E-state index contributed by atoms with van der Waals surface area (Å²) in [4.78, 5) is 26.0. The lowest BCUT2D eigenvalue weighted by Crippen LogP contribution is -2.63. The number of aliphatic hydroxyl groups is 2. The van der Waals surface area contributed by atoms with Crippen molar-refractivity contribution in [1.29, 1.82) is 0 Å². The third-order valence-corrected chi connectivity index (χ3v) is 11.9. The first-order chi connectivity index (χ1) is 21.4. The van der Waals surface area contributed by atoms with Crippen molar-refractivity contribution in [2.24, 2.45) is 28.6 Å². The first-order valence-electron chi connectivity index (χ1n) is 15.5. The van der Waals surface area contributed by atoms with Gasteiger partial charge >= 0.3 is 0 Å². The van der Waals surface area contributed by atoms with E-state index in [0.29, 0.717) is 18.5 Å². The van der Waals surface area contributed by atoms with Crippen LogP contribution in [0.1, 0.15) is 56.9 Å². The summed E-state index contributed by atoms with van der Waals surface area (Å²) in [5.41, 5.74) is 5.19. The number of ether oxygens (including phenoxy) is 3. The Morgan fingerprint density at radius 3 is 2.76 bits per heavy atom. The van der Waals surface area contributed by atoms with Gasteiger partial charge in [-0.15, -0.1) is 0 Å². The van der Waals surface area contributed by atoms with Crippen molar-refractivity contribution in [1.82, 2.24) is 0 Å². The third kappa shape index (κ3) is 4.31. The van der Waals surface area contributed by atoms with E-state index in [0.717, 1.165) is 17.6 Å². The summed E-state index contributed by atoms with van der Waals surface area (Å²) in [7, 11) is 0. The summed E-state index contributed by atoms with van der Waals surface area (Å²) in [6.45, 7) is 3.29. The number of carbonyl (C=O) groups is 2. The fourth-order valence-corrected chi connectivity index (χ4v) is 9.81. The molecule has 4 fully saturated rings. The number of Topliss-reactive ketones (excluding diaryl/α,β-unsaturated/α-hetero) is 1. The zero-order valence-corrected chi connectivity index (χ0v) is 25.9. The molecule has 7 rings (SSSR count). The second kappa shape index (κ2) is 10.7. The van der Waals surface area contributed by atoms with Crippen molar-refractivity contribution in [3.63, 3.8) is 0 Å². The molecule has 238 valence electrons. The van der Waals surface area contributed by atoms with E-state index >= 15 is 4.39 Å². The minimum atomic E-state index is -1.64. The predicted molar refractivity (Wildman–Crippen MR) is 164 cm³/mol. The molecular weight excluding hydrogens is 601 g/mol. The zero-order valence-electron chi connectivity index (χ0n) is 25.2. The van der Waals surface area contributed by atoms with Gasteiger partial charge in [-0.1, -0.05) is 55.3 Å². The molecule has 0 amide bonds. The molecule has 45 heavy (non-hydrogen) atoms. The van der Waals surface area contributed by atoms with Crippen molar-refractivity contribution >= 4 is 28.9 Å². The van der Waals surface area contributed by atoms with Gasteiger partial charge in [-0.3, -0.25) is 9.59 Å². The molecule has 9 atom stereocenters. The molecule has 0 bridgehead atoms. The standard InChI is InChI=1S/C35H37ClFNO7/c1-33-12-11-20(40)13-19(33)7-8-21-22-14-28-35(27(42)16-39,34(22,2)15-25(41)30(21)33)45-32(44-28)29-23(37)9-10-26(31(29)36)43-17-18-5-3-4-6-24(18)38/h3-6,9-13,21-22,25,28,30,32,39,41H,7-8,14-17,38H2,1-2H3/t21-,22-,25-,28+,30+,32-,33-,34-,35+/m0/s1. The van der Waals surface area contributed by atoms with Crippen LogP contribution in [0.15, 0.2) is 60.2 Å². The molecule has 0 spiro atoms. The number of para-hydroxylation sites is 1. The number of hydrogen-bond donors (Lipinski definition) is 3. The van der Waals surface area contributed by atoms with E-state index in [1.54, 1.807) is 18.2 Å². The van der Waals surface area contributed by atoms with Crippen LogP contribution in [0, 0.1) is 34.4 Å². The molecule has 0 aromatic heterocycles. The molecule has 0 radical (unpaired) electrons. The molecule has 0 unspecified atom stereocenters. The minimum absolute atomic E-state index is 0.000782. The van der Waals surface area contributed by atoms with E-state index in [9.17, 15) is 19.8 Å². The number of benzene rings is 2. The van der Waals surface area contributed by atoms with E-state index < -0.39 is 53.1 Å². The summed E-state index contributed by atoms with van der Waals surface area (Å²) in [6.07, 6.45) is 4.28. The van der Waals surface area contributed by atoms with Gasteiger partial charge in [0, 0.05) is 28.0 Å². The predicted octanol–water partition coefficient (Wildman–Crippen LogP) is 5.24. The number of fused-ring (bicyclic) bond motifs is 7. The Balaban J connectivity index is 1.22. The molecule has 5 aliphatic rings. The number of ketones is 2. The van der Waals surface area contributed by atoms with Gasteiger partial charge in [0.05, 0.1) is 22.8 Å². The number of anilines is 1. The van der Waals surface area contributed by atoms with Crippen LogP contribution in [-0.2, 0) is 25.7 Å². The highest BCUT2D eigenvalue weighted by Gasteiger charge is 2.76. The quantitative estimate of drug-likeness (QED) is 0.367. The second-order valence-corrected chi connectivity index (χ2v) is 14.0. The molecule has 8 nitrogen and oxygen atoms in total. The van der Waals surface area contributed by atoms with E-state index in [1.807, 2.05) is 31.2 Å². The average Bonchev–Trinajstić information content (AvgIpc) is 3.50. The summed E-state index contributed by atoms with van der Waals surface area (Å²) in [5.74, 6) is -1.37.